The normalized spacial score (nSPS) is 10.4. The number of benzene rings is 1. The Morgan fingerprint density at radius 2 is 2.14 bits per heavy atom. The van der Waals surface area contributed by atoms with E-state index in [0.717, 1.165) is 29.8 Å². The number of aromatic nitrogens is 2. The van der Waals surface area contributed by atoms with Gasteiger partial charge < -0.3 is 10.6 Å². The van der Waals surface area contributed by atoms with Gasteiger partial charge in [-0.15, -0.1) is 0 Å². The van der Waals surface area contributed by atoms with Crippen molar-refractivity contribution >= 4 is 11.6 Å². The van der Waals surface area contributed by atoms with Crippen LogP contribution < -0.4 is 10.6 Å². The fourth-order valence-electron chi connectivity index (χ4n) is 2.27. The maximum atomic E-state index is 12.2. The lowest BCUT2D eigenvalue weighted by atomic mass is 10.1. The summed E-state index contributed by atoms with van der Waals surface area (Å²) in [6.07, 6.45) is 3.65. The first-order valence-corrected chi connectivity index (χ1v) is 7.17. The lowest BCUT2D eigenvalue weighted by Crippen LogP contribution is -2.25. The van der Waals surface area contributed by atoms with Crippen LogP contribution in [-0.4, -0.2) is 29.7 Å². The van der Waals surface area contributed by atoms with Gasteiger partial charge in [0.05, 0.1) is 11.8 Å². The molecular formula is C16H22N4O. The molecule has 0 saturated heterocycles. The van der Waals surface area contributed by atoms with Gasteiger partial charge in [0.25, 0.3) is 5.91 Å². The number of aromatic amines is 1. The van der Waals surface area contributed by atoms with E-state index >= 15 is 0 Å². The molecule has 0 aliphatic carbocycles. The van der Waals surface area contributed by atoms with E-state index in [-0.39, 0.29) is 5.91 Å². The van der Waals surface area contributed by atoms with Crippen LogP contribution in [-0.2, 0) is 6.42 Å². The Hall–Kier alpha value is -2.30. The molecule has 0 spiro atoms. The molecule has 2 aromatic rings. The first-order chi connectivity index (χ1) is 10.1. The average molecular weight is 286 g/mol. The molecule has 3 N–H and O–H groups in total. The number of hydrogen-bond acceptors (Lipinski definition) is 3. The van der Waals surface area contributed by atoms with Crippen LogP contribution in [0.15, 0.2) is 24.4 Å². The predicted molar refractivity (Wildman–Crippen MR) is 84.7 cm³/mol. The van der Waals surface area contributed by atoms with E-state index in [4.69, 9.17) is 0 Å². The molecule has 1 amide bonds. The lowest BCUT2D eigenvalue weighted by molar-refractivity contribution is 0.0954. The summed E-state index contributed by atoms with van der Waals surface area (Å²) in [6.45, 7) is 4.64. The van der Waals surface area contributed by atoms with E-state index < -0.39 is 0 Å². The van der Waals surface area contributed by atoms with Gasteiger partial charge in [-0.05, 0) is 44.4 Å². The standard InChI is InChI=1S/C16H22N4O/c1-11-6-7-15(17-3)14(9-11)16(21)18-8-4-5-13-10-19-20-12(13)2/h6-7,9-10,17H,4-5,8H2,1-3H3,(H,18,21)(H,19,20). The van der Waals surface area contributed by atoms with Crippen molar-refractivity contribution in [2.75, 3.05) is 18.9 Å². The van der Waals surface area contributed by atoms with Gasteiger partial charge in [-0.3, -0.25) is 9.89 Å². The van der Waals surface area contributed by atoms with Crippen LogP contribution in [0.2, 0.25) is 0 Å². The van der Waals surface area contributed by atoms with Crippen molar-refractivity contribution in [3.05, 3.63) is 46.8 Å². The number of carbonyl (C=O) groups is 1. The van der Waals surface area contributed by atoms with Crippen molar-refractivity contribution < 1.29 is 4.79 Å². The molecule has 0 fully saturated rings. The molecule has 2 rings (SSSR count). The molecule has 5 nitrogen and oxygen atoms in total. The molecule has 1 heterocycles. The third kappa shape index (κ3) is 3.84. The molecule has 1 aromatic heterocycles. The summed E-state index contributed by atoms with van der Waals surface area (Å²) in [6, 6.07) is 5.82. The highest BCUT2D eigenvalue weighted by atomic mass is 16.1. The highest BCUT2D eigenvalue weighted by Crippen LogP contribution is 2.16. The van der Waals surface area contributed by atoms with Gasteiger partial charge >= 0.3 is 0 Å². The number of anilines is 1. The molecule has 0 atom stereocenters. The van der Waals surface area contributed by atoms with Crippen LogP contribution >= 0.6 is 0 Å². The van der Waals surface area contributed by atoms with E-state index in [9.17, 15) is 4.79 Å². The third-order valence-electron chi connectivity index (χ3n) is 3.53. The molecule has 21 heavy (non-hydrogen) atoms. The molecule has 0 unspecified atom stereocenters. The van der Waals surface area contributed by atoms with Crippen molar-refractivity contribution in [3.63, 3.8) is 0 Å². The summed E-state index contributed by atoms with van der Waals surface area (Å²) in [5.41, 5.74) is 4.92. The van der Waals surface area contributed by atoms with E-state index in [1.54, 1.807) is 0 Å². The van der Waals surface area contributed by atoms with Crippen molar-refractivity contribution in [1.82, 2.24) is 15.5 Å². The second-order valence-corrected chi connectivity index (χ2v) is 5.18. The number of H-pyrrole nitrogens is 1. The summed E-state index contributed by atoms with van der Waals surface area (Å²) in [4.78, 5) is 12.2. The lowest BCUT2D eigenvalue weighted by Gasteiger charge is -2.10. The number of aryl methyl sites for hydroxylation is 3. The SMILES string of the molecule is CNc1ccc(C)cc1C(=O)NCCCc1cn[nH]c1C. The number of nitrogens with one attached hydrogen (secondary N) is 3. The zero-order chi connectivity index (χ0) is 15.2. The van der Waals surface area contributed by atoms with Crippen LogP contribution in [0.25, 0.3) is 0 Å². The Balaban J connectivity index is 1.87. The number of nitrogens with zero attached hydrogens (tertiary/aromatic N) is 1. The fraction of sp³-hybridized carbons (Fsp3) is 0.375. The Labute approximate surface area is 125 Å². The molecule has 0 bridgehead atoms. The number of hydrogen-bond donors (Lipinski definition) is 3. The topological polar surface area (TPSA) is 69.8 Å². The van der Waals surface area contributed by atoms with Crippen molar-refractivity contribution in [2.24, 2.45) is 0 Å². The van der Waals surface area contributed by atoms with Crippen molar-refractivity contribution in [2.45, 2.75) is 26.7 Å². The third-order valence-corrected chi connectivity index (χ3v) is 3.53. The zero-order valence-corrected chi connectivity index (χ0v) is 12.8. The van der Waals surface area contributed by atoms with Crippen LogP contribution in [0.4, 0.5) is 5.69 Å². The Morgan fingerprint density at radius 1 is 1.33 bits per heavy atom. The molecule has 1 aromatic carbocycles. The maximum Gasteiger partial charge on any atom is 0.253 e. The van der Waals surface area contributed by atoms with Gasteiger partial charge in [0.15, 0.2) is 0 Å². The minimum absolute atomic E-state index is 0.0352. The molecule has 0 aliphatic rings. The maximum absolute atomic E-state index is 12.2. The molecule has 5 heteroatoms. The first-order valence-electron chi connectivity index (χ1n) is 7.17. The van der Waals surface area contributed by atoms with Crippen LogP contribution in [0, 0.1) is 13.8 Å². The highest BCUT2D eigenvalue weighted by molar-refractivity contribution is 5.99. The van der Waals surface area contributed by atoms with Gasteiger partial charge in [0.2, 0.25) is 0 Å². The summed E-state index contributed by atoms with van der Waals surface area (Å²) in [5, 5.41) is 12.9. The van der Waals surface area contributed by atoms with Gasteiger partial charge in [-0.25, -0.2) is 0 Å². The van der Waals surface area contributed by atoms with Gasteiger partial charge in [0, 0.05) is 25.0 Å². The quantitative estimate of drug-likeness (QED) is 0.714. The van der Waals surface area contributed by atoms with E-state index in [1.165, 1.54) is 5.56 Å². The molecule has 0 aliphatic heterocycles. The van der Waals surface area contributed by atoms with Crippen LogP contribution in [0.1, 0.15) is 33.6 Å². The number of amides is 1. The number of carbonyl (C=O) groups excluding carboxylic acids is 1. The van der Waals surface area contributed by atoms with Crippen LogP contribution in [0.5, 0.6) is 0 Å². The molecular weight excluding hydrogens is 264 g/mol. The Kier molecular flexibility index (Phi) is 4.98. The van der Waals surface area contributed by atoms with Gasteiger partial charge in [-0.1, -0.05) is 11.6 Å². The Bertz CT molecular complexity index is 618. The van der Waals surface area contributed by atoms with E-state index in [2.05, 4.69) is 20.8 Å². The molecule has 112 valence electrons. The minimum atomic E-state index is -0.0352. The average Bonchev–Trinajstić information content (AvgIpc) is 2.88. The summed E-state index contributed by atoms with van der Waals surface area (Å²) in [5.74, 6) is -0.0352. The van der Waals surface area contributed by atoms with Gasteiger partial charge in [0.1, 0.15) is 0 Å². The largest absolute Gasteiger partial charge is 0.387 e. The van der Waals surface area contributed by atoms with Crippen molar-refractivity contribution in [1.29, 1.82) is 0 Å². The van der Waals surface area contributed by atoms with Crippen molar-refractivity contribution in [3.8, 4) is 0 Å². The molecule has 0 radical (unpaired) electrons. The number of rotatable bonds is 6. The monoisotopic (exact) mass is 286 g/mol. The minimum Gasteiger partial charge on any atom is -0.387 e. The smallest absolute Gasteiger partial charge is 0.253 e. The van der Waals surface area contributed by atoms with Crippen LogP contribution in [0.3, 0.4) is 0 Å². The first kappa shape index (κ1) is 15.1. The van der Waals surface area contributed by atoms with E-state index in [1.807, 2.05) is 45.3 Å². The molecule has 0 saturated carbocycles. The predicted octanol–water partition coefficient (Wildman–Crippen LogP) is 2.43. The Morgan fingerprint density at radius 3 is 2.81 bits per heavy atom. The summed E-state index contributed by atoms with van der Waals surface area (Å²) in [7, 11) is 1.82. The fourth-order valence-corrected chi connectivity index (χ4v) is 2.27. The van der Waals surface area contributed by atoms with E-state index in [0.29, 0.717) is 12.1 Å². The second-order valence-electron chi connectivity index (χ2n) is 5.18. The summed E-state index contributed by atoms with van der Waals surface area (Å²) < 4.78 is 0. The second kappa shape index (κ2) is 6.92. The zero-order valence-electron chi connectivity index (χ0n) is 12.8. The van der Waals surface area contributed by atoms with Gasteiger partial charge in [-0.2, -0.15) is 5.10 Å². The summed E-state index contributed by atoms with van der Waals surface area (Å²) >= 11 is 0. The highest BCUT2D eigenvalue weighted by Gasteiger charge is 2.10.